The molecular formula is C19H23NO2. The lowest BCUT2D eigenvalue weighted by Gasteiger charge is -2.30. The summed E-state index contributed by atoms with van der Waals surface area (Å²) in [4.78, 5) is 2.29. The highest BCUT2D eigenvalue weighted by molar-refractivity contribution is 5.37. The standard InChI is InChI=1S/C19H23NO2/c1-20-11-12-21-18(14-20)15-22-19-10-6-5-9-17(19)13-16-7-3-2-4-8-16/h2-10,18H,11-15H2,1H3. The van der Waals surface area contributed by atoms with Gasteiger partial charge in [0.1, 0.15) is 18.5 Å². The zero-order valence-corrected chi connectivity index (χ0v) is 13.1. The number of hydrogen-bond acceptors (Lipinski definition) is 3. The van der Waals surface area contributed by atoms with Crippen LogP contribution in [0.2, 0.25) is 0 Å². The van der Waals surface area contributed by atoms with Crippen molar-refractivity contribution in [3.63, 3.8) is 0 Å². The molecule has 0 aromatic heterocycles. The highest BCUT2D eigenvalue weighted by atomic mass is 16.5. The second-order valence-electron chi connectivity index (χ2n) is 5.84. The van der Waals surface area contributed by atoms with E-state index < -0.39 is 0 Å². The van der Waals surface area contributed by atoms with Gasteiger partial charge in [-0.2, -0.15) is 0 Å². The first kappa shape index (κ1) is 15.1. The van der Waals surface area contributed by atoms with Crippen molar-refractivity contribution in [2.75, 3.05) is 33.4 Å². The van der Waals surface area contributed by atoms with Gasteiger partial charge in [0.15, 0.2) is 0 Å². The fourth-order valence-corrected chi connectivity index (χ4v) is 2.76. The number of para-hydroxylation sites is 1. The van der Waals surface area contributed by atoms with Gasteiger partial charge in [-0.15, -0.1) is 0 Å². The van der Waals surface area contributed by atoms with Crippen molar-refractivity contribution >= 4 is 0 Å². The normalized spacial score (nSPS) is 19.0. The third-order valence-corrected chi connectivity index (χ3v) is 3.98. The zero-order chi connectivity index (χ0) is 15.2. The van der Waals surface area contributed by atoms with Crippen molar-refractivity contribution < 1.29 is 9.47 Å². The lowest BCUT2D eigenvalue weighted by molar-refractivity contribution is -0.0404. The molecular weight excluding hydrogens is 274 g/mol. The molecule has 0 bridgehead atoms. The van der Waals surface area contributed by atoms with E-state index in [9.17, 15) is 0 Å². The summed E-state index contributed by atoms with van der Waals surface area (Å²) in [6, 6.07) is 18.8. The van der Waals surface area contributed by atoms with Crippen molar-refractivity contribution in [1.82, 2.24) is 4.90 Å². The molecule has 22 heavy (non-hydrogen) atoms. The van der Waals surface area contributed by atoms with Crippen LogP contribution in [-0.4, -0.2) is 44.4 Å². The van der Waals surface area contributed by atoms with Crippen LogP contribution in [0, 0.1) is 0 Å². The van der Waals surface area contributed by atoms with Crippen LogP contribution in [0.1, 0.15) is 11.1 Å². The summed E-state index contributed by atoms with van der Waals surface area (Å²) in [7, 11) is 2.12. The Morgan fingerprint density at radius 1 is 1.09 bits per heavy atom. The number of rotatable bonds is 5. The van der Waals surface area contributed by atoms with Crippen LogP contribution in [0.4, 0.5) is 0 Å². The van der Waals surface area contributed by atoms with Crippen LogP contribution in [0.5, 0.6) is 5.75 Å². The van der Waals surface area contributed by atoms with Gasteiger partial charge in [-0.05, 0) is 24.2 Å². The number of benzene rings is 2. The summed E-state index contributed by atoms with van der Waals surface area (Å²) in [6.07, 6.45) is 1.05. The maximum atomic E-state index is 6.05. The third kappa shape index (κ3) is 4.09. The number of morpholine rings is 1. The van der Waals surface area contributed by atoms with Gasteiger partial charge in [0.2, 0.25) is 0 Å². The Morgan fingerprint density at radius 3 is 2.68 bits per heavy atom. The Balaban J connectivity index is 1.63. The van der Waals surface area contributed by atoms with E-state index >= 15 is 0 Å². The zero-order valence-electron chi connectivity index (χ0n) is 13.1. The Morgan fingerprint density at radius 2 is 1.86 bits per heavy atom. The molecule has 116 valence electrons. The maximum absolute atomic E-state index is 6.05. The second kappa shape index (κ2) is 7.43. The van der Waals surface area contributed by atoms with Crippen molar-refractivity contribution in [2.24, 2.45) is 0 Å². The maximum Gasteiger partial charge on any atom is 0.122 e. The van der Waals surface area contributed by atoms with Gasteiger partial charge in [0.05, 0.1) is 6.61 Å². The predicted molar refractivity (Wildman–Crippen MR) is 88.4 cm³/mol. The van der Waals surface area contributed by atoms with E-state index in [4.69, 9.17) is 9.47 Å². The van der Waals surface area contributed by atoms with E-state index in [1.54, 1.807) is 0 Å². The molecule has 1 heterocycles. The number of hydrogen-bond donors (Lipinski definition) is 0. The van der Waals surface area contributed by atoms with Crippen molar-refractivity contribution in [2.45, 2.75) is 12.5 Å². The average molecular weight is 297 g/mol. The van der Waals surface area contributed by atoms with Gasteiger partial charge < -0.3 is 14.4 Å². The van der Waals surface area contributed by atoms with Crippen LogP contribution >= 0.6 is 0 Å². The molecule has 1 atom stereocenters. The van der Waals surface area contributed by atoms with Crippen LogP contribution < -0.4 is 4.74 Å². The van der Waals surface area contributed by atoms with Crippen molar-refractivity contribution in [3.05, 3.63) is 65.7 Å². The predicted octanol–water partition coefficient (Wildman–Crippen LogP) is 2.99. The molecule has 0 N–H and O–H groups in total. The summed E-state index contributed by atoms with van der Waals surface area (Å²) in [5, 5.41) is 0. The van der Waals surface area contributed by atoms with E-state index in [2.05, 4.69) is 48.3 Å². The van der Waals surface area contributed by atoms with Gasteiger partial charge in [-0.3, -0.25) is 0 Å². The highest BCUT2D eigenvalue weighted by Crippen LogP contribution is 2.22. The molecule has 1 aliphatic heterocycles. The molecule has 0 radical (unpaired) electrons. The Hall–Kier alpha value is -1.84. The quantitative estimate of drug-likeness (QED) is 0.847. The van der Waals surface area contributed by atoms with Crippen molar-refractivity contribution in [1.29, 1.82) is 0 Å². The lowest BCUT2D eigenvalue weighted by atomic mass is 10.0. The fourth-order valence-electron chi connectivity index (χ4n) is 2.76. The van der Waals surface area contributed by atoms with Crippen LogP contribution in [0.3, 0.4) is 0 Å². The molecule has 0 spiro atoms. The third-order valence-electron chi connectivity index (χ3n) is 3.98. The molecule has 1 saturated heterocycles. The number of nitrogens with zero attached hydrogens (tertiary/aromatic N) is 1. The summed E-state index contributed by atoms with van der Waals surface area (Å²) < 4.78 is 11.8. The molecule has 3 nitrogen and oxygen atoms in total. The lowest BCUT2D eigenvalue weighted by Crippen LogP contribution is -2.42. The minimum Gasteiger partial charge on any atom is -0.491 e. The van der Waals surface area contributed by atoms with Gasteiger partial charge in [0, 0.05) is 19.5 Å². The van der Waals surface area contributed by atoms with E-state index in [0.717, 1.165) is 31.9 Å². The van der Waals surface area contributed by atoms with E-state index in [1.165, 1.54) is 11.1 Å². The largest absolute Gasteiger partial charge is 0.491 e. The Bertz CT molecular complexity index is 585. The van der Waals surface area contributed by atoms with Gasteiger partial charge in [-0.25, -0.2) is 0 Å². The first-order chi connectivity index (χ1) is 10.8. The Labute approximate surface area is 132 Å². The first-order valence-electron chi connectivity index (χ1n) is 7.86. The molecule has 1 fully saturated rings. The molecule has 0 aliphatic carbocycles. The van der Waals surface area contributed by atoms with E-state index in [1.807, 2.05) is 18.2 Å². The summed E-state index contributed by atoms with van der Waals surface area (Å²) >= 11 is 0. The smallest absolute Gasteiger partial charge is 0.122 e. The number of ether oxygens (including phenoxy) is 2. The molecule has 0 saturated carbocycles. The molecule has 2 aromatic carbocycles. The SMILES string of the molecule is CN1CCOC(COc2ccccc2Cc2ccccc2)C1. The molecule has 1 aliphatic rings. The molecule has 3 rings (SSSR count). The van der Waals surface area contributed by atoms with Crippen LogP contribution in [0.15, 0.2) is 54.6 Å². The average Bonchev–Trinajstić information content (AvgIpc) is 2.55. The van der Waals surface area contributed by atoms with Gasteiger partial charge >= 0.3 is 0 Å². The summed E-state index contributed by atoms with van der Waals surface area (Å²) in [5.41, 5.74) is 2.52. The van der Waals surface area contributed by atoms with Crippen molar-refractivity contribution in [3.8, 4) is 5.75 Å². The van der Waals surface area contributed by atoms with Crippen LogP contribution in [-0.2, 0) is 11.2 Å². The molecule has 1 unspecified atom stereocenters. The first-order valence-corrected chi connectivity index (χ1v) is 7.86. The second-order valence-corrected chi connectivity index (χ2v) is 5.84. The van der Waals surface area contributed by atoms with E-state index in [-0.39, 0.29) is 6.10 Å². The van der Waals surface area contributed by atoms with Gasteiger partial charge in [0.25, 0.3) is 0 Å². The minimum absolute atomic E-state index is 0.156. The summed E-state index contributed by atoms with van der Waals surface area (Å²) in [6.45, 7) is 3.33. The number of likely N-dealkylation sites (N-methyl/N-ethyl adjacent to an activating group) is 1. The summed E-state index contributed by atoms with van der Waals surface area (Å²) in [5.74, 6) is 0.961. The van der Waals surface area contributed by atoms with Gasteiger partial charge in [-0.1, -0.05) is 48.5 Å². The molecule has 3 heteroatoms. The topological polar surface area (TPSA) is 21.7 Å². The minimum atomic E-state index is 0.156. The molecule has 2 aromatic rings. The van der Waals surface area contributed by atoms with Crippen LogP contribution in [0.25, 0.3) is 0 Å². The highest BCUT2D eigenvalue weighted by Gasteiger charge is 2.18. The fraction of sp³-hybridized carbons (Fsp3) is 0.368. The monoisotopic (exact) mass is 297 g/mol. The molecule has 0 amide bonds. The Kier molecular flexibility index (Phi) is 5.09. The van der Waals surface area contributed by atoms with E-state index in [0.29, 0.717) is 6.61 Å².